The highest BCUT2D eigenvalue weighted by Gasteiger charge is 2.66. The molecule has 0 aliphatic heterocycles. The van der Waals surface area contributed by atoms with Crippen molar-refractivity contribution in [3.05, 3.63) is 34.7 Å². The number of sulfonamides is 1. The molecule has 3 aliphatic carbocycles. The molecule has 38 heavy (non-hydrogen) atoms. The molecule has 1 aromatic carbocycles. The van der Waals surface area contributed by atoms with Crippen LogP contribution in [0.5, 0.6) is 5.75 Å². The molecule has 0 saturated heterocycles. The second-order valence-electron chi connectivity index (χ2n) is 9.99. The van der Waals surface area contributed by atoms with Gasteiger partial charge in [-0.3, -0.25) is 28.7 Å². The van der Waals surface area contributed by atoms with E-state index in [1.54, 1.807) is 0 Å². The number of carbonyl (C=O) groups is 5. The van der Waals surface area contributed by atoms with Crippen molar-refractivity contribution in [1.82, 2.24) is 5.16 Å². The first-order chi connectivity index (χ1) is 17.7. The lowest BCUT2D eigenvalue weighted by molar-refractivity contribution is -0.175. The molecule has 2 aromatic rings. The van der Waals surface area contributed by atoms with E-state index < -0.39 is 80.5 Å². The highest BCUT2D eigenvalue weighted by molar-refractivity contribution is 7.92. The van der Waals surface area contributed by atoms with E-state index in [1.807, 2.05) is 0 Å². The third kappa shape index (κ3) is 3.43. The first kappa shape index (κ1) is 25.7. The topological polar surface area (TPSA) is 224 Å². The summed E-state index contributed by atoms with van der Waals surface area (Å²) in [7, 11) is -4.29. The molecule has 3 aliphatic rings. The van der Waals surface area contributed by atoms with Crippen LogP contribution in [0.2, 0.25) is 0 Å². The van der Waals surface area contributed by atoms with Crippen molar-refractivity contribution in [3.8, 4) is 5.75 Å². The highest BCUT2D eigenvalue weighted by Crippen LogP contribution is 2.50. The van der Waals surface area contributed by atoms with Gasteiger partial charge in [-0.2, -0.15) is 0 Å². The number of nitrogens with zero attached hydrogens (tertiary/aromatic N) is 1. The molecule has 0 bridgehead atoms. The first-order valence-electron chi connectivity index (χ1n) is 11.7. The van der Waals surface area contributed by atoms with Crippen LogP contribution < -0.4 is 10.5 Å². The highest BCUT2D eigenvalue weighted by atomic mass is 32.2. The number of amides is 1. The van der Waals surface area contributed by atoms with Gasteiger partial charge in [0.15, 0.2) is 51.1 Å². The minimum absolute atomic E-state index is 0.00636. The van der Waals surface area contributed by atoms with E-state index in [0.29, 0.717) is 5.56 Å². The molecule has 14 heteroatoms. The van der Waals surface area contributed by atoms with Gasteiger partial charge in [-0.25, -0.2) is 8.42 Å². The van der Waals surface area contributed by atoms with Gasteiger partial charge >= 0.3 is 0 Å². The summed E-state index contributed by atoms with van der Waals surface area (Å²) in [6.45, 7) is 2.80. The molecule has 13 nitrogen and oxygen atoms in total. The maximum atomic E-state index is 13.6. The van der Waals surface area contributed by atoms with E-state index in [4.69, 9.17) is 10.3 Å². The molecule has 1 heterocycles. The number of primary amides is 1. The number of phenols is 1. The number of phenolic OH excluding ortho intramolecular Hbond substituents is 1. The summed E-state index contributed by atoms with van der Waals surface area (Å²) in [4.78, 5) is 63.9. The van der Waals surface area contributed by atoms with Gasteiger partial charge in [-0.1, -0.05) is 11.2 Å². The summed E-state index contributed by atoms with van der Waals surface area (Å²) in [5, 5.41) is 25.8. The number of ketones is 4. The van der Waals surface area contributed by atoms with Crippen molar-refractivity contribution in [2.24, 2.45) is 29.4 Å². The van der Waals surface area contributed by atoms with Crippen molar-refractivity contribution in [3.63, 3.8) is 0 Å². The molecule has 0 radical (unpaired) electrons. The summed E-state index contributed by atoms with van der Waals surface area (Å²) in [6.07, 6.45) is -0.391. The Balaban J connectivity index is 1.53. The van der Waals surface area contributed by atoms with Gasteiger partial charge in [-0.15, -0.1) is 0 Å². The third-order valence-electron chi connectivity index (χ3n) is 7.76. The van der Waals surface area contributed by atoms with Crippen molar-refractivity contribution in [2.45, 2.75) is 43.6 Å². The molecular formula is C24H23N3O10S. The van der Waals surface area contributed by atoms with Crippen LogP contribution in [0.15, 0.2) is 21.6 Å². The Morgan fingerprint density at radius 2 is 1.84 bits per heavy atom. The number of carbonyl (C=O) groups excluding carboxylic acids is 5. The van der Waals surface area contributed by atoms with Crippen LogP contribution >= 0.6 is 0 Å². The number of Topliss-reactive ketones (excluding diaryl/α,β-unsaturated/α-hetero) is 4. The van der Waals surface area contributed by atoms with Gasteiger partial charge < -0.3 is 20.5 Å². The van der Waals surface area contributed by atoms with E-state index in [9.17, 15) is 42.6 Å². The second kappa shape index (κ2) is 8.30. The standard InChI is InChI=1S/C24H23N3O10S/c1-8-20(9(2)37-26-8)38(35,36)27-13-4-3-10-5-11-6-12-7-14(28)17(23(25)33)22(32)24(12,34)21(31)16(11)19(30)15(10)18(13)29/h3-4,11-12,16-17,27,29,34H,5-7H2,1-2H3,(H2,25,33)/t11-,12-,16?,17?,24-/m0/s1. The second-order valence-corrected chi connectivity index (χ2v) is 11.6. The van der Waals surface area contributed by atoms with Crippen LogP contribution in [0, 0.1) is 37.5 Å². The zero-order valence-corrected chi connectivity index (χ0v) is 21.0. The quantitative estimate of drug-likeness (QED) is 0.289. The smallest absolute Gasteiger partial charge is 0.267 e. The van der Waals surface area contributed by atoms with Crippen molar-refractivity contribution in [1.29, 1.82) is 0 Å². The lowest BCUT2D eigenvalue weighted by Crippen LogP contribution is -2.68. The monoisotopic (exact) mass is 545 g/mol. The number of aromatic hydroxyl groups is 1. The van der Waals surface area contributed by atoms with Crippen molar-refractivity contribution in [2.75, 3.05) is 4.72 Å². The Morgan fingerprint density at radius 1 is 1.16 bits per heavy atom. The Hall–Kier alpha value is -3.91. The normalized spacial score (nSPS) is 28.9. The summed E-state index contributed by atoms with van der Waals surface area (Å²) >= 11 is 0. The maximum Gasteiger partial charge on any atom is 0.267 e. The third-order valence-corrected chi connectivity index (χ3v) is 9.36. The minimum Gasteiger partial charge on any atom is -0.505 e. The van der Waals surface area contributed by atoms with Gasteiger partial charge in [-0.05, 0) is 44.2 Å². The van der Waals surface area contributed by atoms with Crippen LogP contribution in [0.25, 0.3) is 0 Å². The fourth-order valence-electron chi connectivity index (χ4n) is 6.08. The molecule has 200 valence electrons. The Morgan fingerprint density at radius 3 is 2.45 bits per heavy atom. The SMILES string of the molecule is Cc1noc(C)c1S(=O)(=O)Nc1ccc2c(c1O)C(=O)C1C(=O)[C@]3(O)C(=O)C(C(N)=O)C(=O)C[C@@H]3C[C@@H]1C2. The molecule has 5 atom stereocenters. The van der Waals surface area contributed by atoms with Crippen LogP contribution in [0.4, 0.5) is 5.69 Å². The number of rotatable bonds is 4. The Labute approximate surface area is 215 Å². The van der Waals surface area contributed by atoms with E-state index in [2.05, 4.69) is 9.88 Å². The van der Waals surface area contributed by atoms with Crippen LogP contribution in [-0.4, -0.2) is 58.4 Å². The number of nitrogens with one attached hydrogen (secondary N) is 1. The van der Waals surface area contributed by atoms with E-state index in [1.165, 1.54) is 26.0 Å². The molecule has 5 N–H and O–H groups in total. The maximum absolute atomic E-state index is 13.6. The number of aliphatic hydroxyl groups is 1. The Bertz CT molecular complexity index is 1560. The van der Waals surface area contributed by atoms with Gasteiger partial charge in [0.2, 0.25) is 5.91 Å². The summed E-state index contributed by atoms with van der Waals surface area (Å²) in [6, 6.07) is 2.70. The predicted molar refractivity (Wildman–Crippen MR) is 125 cm³/mol. The number of hydrogen-bond donors (Lipinski definition) is 4. The van der Waals surface area contributed by atoms with Gasteiger partial charge in [0, 0.05) is 12.3 Å². The average molecular weight is 546 g/mol. The molecular weight excluding hydrogens is 522 g/mol. The van der Waals surface area contributed by atoms with Crippen LogP contribution in [0.3, 0.4) is 0 Å². The molecule has 2 saturated carbocycles. The number of benzene rings is 1. The predicted octanol–water partition coefficient (Wildman–Crippen LogP) is -0.267. The summed E-state index contributed by atoms with van der Waals surface area (Å²) in [5.74, 6) is -11.6. The van der Waals surface area contributed by atoms with E-state index in [0.717, 1.165) is 0 Å². The Kier molecular flexibility index (Phi) is 5.62. The first-order valence-corrected chi connectivity index (χ1v) is 13.2. The molecule has 0 spiro atoms. The number of anilines is 1. The van der Waals surface area contributed by atoms with Gasteiger partial charge in [0.05, 0.1) is 17.2 Å². The average Bonchev–Trinajstić information content (AvgIpc) is 3.16. The van der Waals surface area contributed by atoms with Gasteiger partial charge in [0.25, 0.3) is 10.0 Å². The lowest BCUT2D eigenvalue weighted by atomic mass is 9.54. The fourth-order valence-corrected chi connectivity index (χ4v) is 7.48. The fraction of sp³-hybridized carbons (Fsp3) is 0.417. The zero-order valence-electron chi connectivity index (χ0n) is 20.2. The minimum atomic E-state index is -4.29. The van der Waals surface area contributed by atoms with Crippen LogP contribution in [0.1, 0.15) is 40.2 Å². The number of hydrogen-bond acceptors (Lipinski definition) is 11. The number of aromatic nitrogens is 1. The largest absolute Gasteiger partial charge is 0.505 e. The van der Waals surface area contributed by atoms with Crippen LogP contribution in [-0.2, 0) is 35.6 Å². The molecule has 2 fully saturated rings. The summed E-state index contributed by atoms with van der Waals surface area (Å²) in [5.41, 5.74) is 2.14. The van der Waals surface area contributed by atoms with Crippen molar-refractivity contribution < 1.29 is 47.1 Å². The van der Waals surface area contributed by atoms with E-state index in [-0.39, 0.29) is 40.4 Å². The molecule has 1 amide bonds. The number of nitrogens with two attached hydrogens (primary N) is 1. The number of fused-ring (bicyclic) bond motifs is 3. The lowest BCUT2D eigenvalue weighted by Gasteiger charge is -2.48. The molecule has 1 aromatic heterocycles. The zero-order chi connectivity index (χ0) is 27.9. The molecule has 5 rings (SSSR count). The van der Waals surface area contributed by atoms with Crippen molar-refractivity contribution >= 4 is 44.8 Å². The summed E-state index contributed by atoms with van der Waals surface area (Å²) < 4.78 is 33.0. The number of aryl methyl sites for hydroxylation is 2. The van der Waals surface area contributed by atoms with E-state index >= 15 is 0 Å². The van der Waals surface area contributed by atoms with Gasteiger partial charge in [0.1, 0.15) is 5.69 Å². The molecule has 2 unspecified atom stereocenters.